The summed E-state index contributed by atoms with van der Waals surface area (Å²) in [5, 5.41) is 0. The van der Waals surface area contributed by atoms with Gasteiger partial charge in [-0.1, -0.05) is 12.5 Å². The van der Waals surface area contributed by atoms with Crippen molar-refractivity contribution in [2.75, 3.05) is 0 Å². The maximum absolute atomic E-state index is 3.89. The Labute approximate surface area is 58.0 Å². The lowest BCUT2D eigenvalue weighted by atomic mass is 10.0. The third kappa shape index (κ3) is 2.21. The third-order valence-corrected chi connectivity index (χ3v) is 2.26. The fraction of sp³-hybridized carbons (Fsp3) is 0.778. The molecule has 0 amide bonds. The van der Waals surface area contributed by atoms with Crippen LogP contribution in [0.4, 0.5) is 0 Å². The van der Waals surface area contributed by atoms with Crippen LogP contribution >= 0.6 is 0 Å². The predicted molar refractivity (Wildman–Crippen MR) is 41.4 cm³/mol. The van der Waals surface area contributed by atoms with E-state index in [1.807, 2.05) is 0 Å². The number of allylic oxidation sites excluding steroid dienone is 1. The Bertz CT molecular complexity index is 118. The lowest BCUT2D eigenvalue weighted by molar-refractivity contribution is 0.517. The normalized spacial score (nSPS) is 21.6. The topological polar surface area (TPSA) is 0 Å². The predicted octanol–water partition coefficient (Wildman–Crippen LogP) is 3.14. The number of hydrogen-bond acceptors (Lipinski definition) is 0. The zero-order valence-electron chi connectivity index (χ0n) is 6.54. The minimum absolute atomic E-state index is 0.721. The zero-order chi connectivity index (χ0) is 6.91. The molecule has 0 nitrogen and oxygen atoms in total. The number of hydrogen-bond donors (Lipinski definition) is 0. The molecule has 0 aromatic heterocycles. The van der Waals surface area contributed by atoms with Crippen molar-refractivity contribution >= 4 is 0 Å². The molecule has 1 rings (SSSR count). The van der Waals surface area contributed by atoms with E-state index in [4.69, 9.17) is 0 Å². The summed E-state index contributed by atoms with van der Waals surface area (Å²) in [6, 6.07) is 0. The Morgan fingerprint density at radius 3 is 2.44 bits per heavy atom. The van der Waals surface area contributed by atoms with Crippen molar-refractivity contribution in [3.63, 3.8) is 0 Å². The van der Waals surface area contributed by atoms with E-state index in [0.29, 0.717) is 0 Å². The van der Waals surface area contributed by atoms with Crippen molar-refractivity contribution in [3.05, 3.63) is 12.2 Å². The first kappa shape index (κ1) is 6.85. The second-order valence-electron chi connectivity index (χ2n) is 3.77. The van der Waals surface area contributed by atoms with E-state index in [2.05, 4.69) is 20.4 Å². The third-order valence-electron chi connectivity index (χ3n) is 2.26. The van der Waals surface area contributed by atoms with Crippen LogP contribution < -0.4 is 0 Å². The van der Waals surface area contributed by atoms with Gasteiger partial charge >= 0.3 is 0 Å². The maximum atomic E-state index is 3.89. The molecule has 0 radical (unpaired) electrons. The first-order valence-corrected chi connectivity index (χ1v) is 3.77. The molecular weight excluding hydrogens is 108 g/mol. The van der Waals surface area contributed by atoms with Gasteiger partial charge in [-0.2, -0.15) is 0 Å². The van der Waals surface area contributed by atoms with E-state index in [1.165, 1.54) is 31.3 Å². The highest BCUT2D eigenvalue weighted by Crippen LogP contribution is 2.49. The van der Waals surface area contributed by atoms with Gasteiger partial charge in [0.15, 0.2) is 0 Å². The Morgan fingerprint density at radius 1 is 1.56 bits per heavy atom. The minimum Gasteiger partial charge on any atom is -0.100 e. The van der Waals surface area contributed by atoms with Crippen LogP contribution in [0.5, 0.6) is 0 Å². The molecule has 0 heterocycles. The lowest BCUT2D eigenvalue weighted by Crippen LogP contribution is -1.91. The highest BCUT2D eigenvalue weighted by atomic mass is 14.4. The molecule has 1 aliphatic carbocycles. The van der Waals surface area contributed by atoms with Crippen molar-refractivity contribution in [2.45, 2.75) is 39.5 Å². The molecular formula is C9H16. The molecule has 1 aliphatic rings. The molecule has 0 saturated heterocycles. The Balaban J connectivity index is 2.12. The highest BCUT2D eigenvalue weighted by molar-refractivity contribution is 4.95. The molecule has 0 aromatic carbocycles. The maximum Gasteiger partial charge on any atom is -0.0321 e. The number of rotatable bonds is 3. The zero-order valence-corrected chi connectivity index (χ0v) is 6.54. The summed E-state index contributed by atoms with van der Waals surface area (Å²) in [6.45, 7) is 8.37. The quantitative estimate of drug-likeness (QED) is 0.507. The molecule has 1 fully saturated rings. The van der Waals surface area contributed by atoms with Crippen LogP contribution in [-0.4, -0.2) is 0 Å². The Morgan fingerprint density at radius 2 is 2.11 bits per heavy atom. The molecule has 0 aromatic rings. The van der Waals surface area contributed by atoms with Gasteiger partial charge in [0.2, 0.25) is 0 Å². The minimum atomic E-state index is 0.721. The van der Waals surface area contributed by atoms with E-state index in [9.17, 15) is 0 Å². The first-order chi connectivity index (χ1) is 4.12. The van der Waals surface area contributed by atoms with Crippen LogP contribution in [0.2, 0.25) is 0 Å². The summed E-state index contributed by atoms with van der Waals surface area (Å²) >= 11 is 0. The summed E-state index contributed by atoms with van der Waals surface area (Å²) in [7, 11) is 0. The first-order valence-electron chi connectivity index (χ1n) is 3.77. The van der Waals surface area contributed by atoms with Gasteiger partial charge in [0.1, 0.15) is 0 Å². The summed E-state index contributed by atoms with van der Waals surface area (Å²) in [5.74, 6) is 0. The summed E-state index contributed by atoms with van der Waals surface area (Å²) < 4.78 is 0. The van der Waals surface area contributed by atoms with Crippen molar-refractivity contribution < 1.29 is 0 Å². The average Bonchev–Trinajstić information content (AvgIpc) is 2.45. The molecule has 52 valence electrons. The molecule has 1 saturated carbocycles. The van der Waals surface area contributed by atoms with Gasteiger partial charge in [-0.25, -0.2) is 0 Å². The largest absolute Gasteiger partial charge is 0.100 e. The van der Waals surface area contributed by atoms with E-state index >= 15 is 0 Å². The summed E-state index contributed by atoms with van der Waals surface area (Å²) in [4.78, 5) is 0. The van der Waals surface area contributed by atoms with Crippen molar-refractivity contribution in [1.82, 2.24) is 0 Å². The van der Waals surface area contributed by atoms with Gasteiger partial charge < -0.3 is 0 Å². The van der Waals surface area contributed by atoms with Crippen molar-refractivity contribution in [2.24, 2.45) is 5.41 Å². The van der Waals surface area contributed by atoms with Crippen molar-refractivity contribution in [1.29, 1.82) is 0 Å². The van der Waals surface area contributed by atoms with Gasteiger partial charge in [0.05, 0.1) is 0 Å². The highest BCUT2D eigenvalue weighted by Gasteiger charge is 2.35. The van der Waals surface area contributed by atoms with Crippen LogP contribution in [0.1, 0.15) is 39.5 Å². The summed E-state index contributed by atoms with van der Waals surface area (Å²) in [5.41, 5.74) is 2.06. The van der Waals surface area contributed by atoms with Gasteiger partial charge in [-0.3, -0.25) is 0 Å². The SMILES string of the molecule is C=C(C)CCC1(C)CC1. The van der Waals surface area contributed by atoms with E-state index in [1.54, 1.807) is 0 Å². The Hall–Kier alpha value is -0.260. The summed E-state index contributed by atoms with van der Waals surface area (Å²) in [6.07, 6.45) is 5.49. The molecule has 0 heteroatoms. The van der Waals surface area contributed by atoms with E-state index in [-0.39, 0.29) is 0 Å². The van der Waals surface area contributed by atoms with Crippen LogP contribution in [0.3, 0.4) is 0 Å². The molecule has 0 N–H and O–H groups in total. The Kier molecular flexibility index (Phi) is 1.65. The lowest BCUT2D eigenvalue weighted by Gasteiger charge is -2.05. The van der Waals surface area contributed by atoms with Gasteiger partial charge in [-0.05, 0) is 38.0 Å². The average molecular weight is 124 g/mol. The van der Waals surface area contributed by atoms with Gasteiger partial charge in [-0.15, -0.1) is 6.58 Å². The van der Waals surface area contributed by atoms with Gasteiger partial charge in [0.25, 0.3) is 0 Å². The van der Waals surface area contributed by atoms with E-state index in [0.717, 1.165) is 5.41 Å². The van der Waals surface area contributed by atoms with Crippen LogP contribution in [0.25, 0.3) is 0 Å². The fourth-order valence-electron chi connectivity index (χ4n) is 0.979. The van der Waals surface area contributed by atoms with Gasteiger partial charge in [0, 0.05) is 0 Å². The molecule has 0 atom stereocenters. The standard InChI is InChI=1S/C9H16/c1-8(2)4-5-9(3)6-7-9/h1,4-7H2,2-3H3. The van der Waals surface area contributed by atoms with Crippen LogP contribution in [0.15, 0.2) is 12.2 Å². The van der Waals surface area contributed by atoms with Crippen LogP contribution in [-0.2, 0) is 0 Å². The smallest absolute Gasteiger partial charge is 0.0321 e. The monoisotopic (exact) mass is 124 g/mol. The molecule has 0 aliphatic heterocycles. The second kappa shape index (κ2) is 2.17. The molecule has 0 bridgehead atoms. The molecule has 0 spiro atoms. The van der Waals surface area contributed by atoms with Crippen LogP contribution in [0, 0.1) is 5.41 Å². The van der Waals surface area contributed by atoms with Crippen molar-refractivity contribution in [3.8, 4) is 0 Å². The molecule has 9 heavy (non-hydrogen) atoms. The second-order valence-corrected chi connectivity index (χ2v) is 3.77. The van der Waals surface area contributed by atoms with E-state index < -0.39 is 0 Å². The molecule has 0 unspecified atom stereocenters. The fourth-order valence-corrected chi connectivity index (χ4v) is 0.979.